The fourth-order valence-electron chi connectivity index (χ4n) is 4.65. The molecule has 2 heterocycles. The van der Waals surface area contributed by atoms with Crippen LogP contribution in [0.2, 0.25) is 5.02 Å². The number of anilines is 1. The van der Waals surface area contributed by atoms with Crippen molar-refractivity contribution in [1.82, 2.24) is 4.57 Å². The predicted octanol–water partition coefficient (Wildman–Crippen LogP) is 5.33. The maximum absolute atomic E-state index is 13.5. The van der Waals surface area contributed by atoms with Crippen LogP contribution in [0.3, 0.4) is 0 Å². The van der Waals surface area contributed by atoms with E-state index in [9.17, 15) is 19.2 Å². The smallest absolute Gasteiger partial charge is 0.252 e. The van der Waals surface area contributed by atoms with Gasteiger partial charge in [0.2, 0.25) is 5.91 Å². The lowest BCUT2D eigenvalue weighted by Gasteiger charge is -2.28. The number of ether oxygens (including phenoxy) is 2. The Morgan fingerprint density at radius 2 is 1.92 bits per heavy atom. The van der Waals surface area contributed by atoms with E-state index in [1.54, 1.807) is 42.5 Å². The summed E-state index contributed by atoms with van der Waals surface area (Å²) in [4.78, 5) is 50.3. The van der Waals surface area contributed by atoms with Crippen LogP contribution in [0.5, 0.6) is 5.75 Å². The monoisotopic (exact) mass is 536 g/mol. The molecule has 3 aromatic rings. The highest BCUT2D eigenvalue weighted by Crippen LogP contribution is 2.34. The summed E-state index contributed by atoms with van der Waals surface area (Å²) in [7, 11) is 1.46. The Morgan fingerprint density at radius 3 is 2.55 bits per heavy atom. The molecule has 0 saturated carbocycles. The number of ketones is 1. The first kappa shape index (κ1) is 27.3. The molecule has 2 unspecified atom stereocenters. The molecule has 4 rings (SSSR count). The number of aldehydes is 1. The molecule has 0 radical (unpaired) electrons. The number of nitrogens with zero attached hydrogens (tertiary/aromatic N) is 1. The van der Waals surface area contributed by atoms with Gasteiger partial charge in [0.15, 0.2) is 5.78 Å². The highest BCUT2D eigenvalue weighted by molar-refractivity contribution is 6.31. The Balaban J connectivity index is 1.76. The van der Waals surface area contributed by atoms with Crippen LogP contribution in [0.1, 0.15) is 59.4 Å². The van der Waals surface area contributed by atoms with Crippen LogP contribution in [0, 0.1) is 0 Å². The van der Waals surface area contributed by atoms with Gasteiger partial charge < -0.3 is 14.8 Å². The lowest BCUT2D eigenvalue weighted by atomic mass is 9.97. The van der Waals surface area contributed by atoms with Crippen molar-refractivity contribution in [1.29, 1.82) is 0 Å². The zero-order chi connectivity index (χ0) is 27.2. The lowest BCUT2D eigenvalue weighted by molar-refractivity contribution is -0.121. The van der Waals surface area contributed by atoms with Crippen molar-refractivity contribution in [2.75, 3.05) is 19.0 Å². The quantitative estimate of drug-likeness (QED) is 0.293. The molecule has 1 aliphatic rings. The van der Waals surface area contributed by atoms with Gasteiger partial charge in [0.25, 0.3) is 5.56 Å². The number of aromatic nitrogens is 1. The number of methoxy groups -OCH3 is 1. The number of halogens is 1. The van der Waals surface area contributed by atoms with E-state index in [1.807, 2.05) is 0 Å². The molecule has 1 aliphatic heterocycles. The average molecular weight is 537 g/mol. The summed E-state index contributed by atoms with van der Waals surface area (Å²) in [5, 5.41) is 3.26. The van der Waals surface area contributed by atoms with Crippen LogP contribution >= 0.6 is 11.6 Å². The Labute approximate surface area is 225 Å². The number of Topliss-reactive ketones (excluding diaryl/α,β-unsaturated/α-hetero) is 1. The Morgan fingerprint density at radius 1 is 1.16 bits per heavy atom. The van der Waals surface area contributed by atoms with Crippen molar-refractivity contribution in [2.24, 2.45) is 0 Å². The summed E-state index contributed by atoms with van der Waals surface area (Å²) in [6.45, 7) is 2.04. The molecule has 2 atom stereocenters. The number of benzene rings is 2. The van der Waals surface area contributed by atoms with Crippen molar-refractivity contribution in [3.63, 3.8) is 0 Å². The van der Waals surface area contributed by atoms with E-state index in [-0.39, 0.29) is 18.3 Å². The number of hydrogen-bond donors (Lipinski definition) is 1. The highest BCUT2D eigenvalue weighted by Gasteiger charge is 2.29. The van der Waals surface area contributed by atoms with Gasteiger partial charge in [0.1, 0.15) is 18.1 Å². The van der Waals surface area contributed by atoms with E-state index in [0.29, 0.717) is 45.3 Å². The third-order valence-corrected chi connectivity index (χ3v) is 6.86. The average Bonchev–Trinajstić information content (AvgIpc) is 2.92. The van der Waals surface area contributed by atoms with E-state index in [4.69, 9.17) is 21.1 Å². The molecule has 0 aliphatic carbocycles. The highest BCUT2D eigenvalue weighted by atomic mass is 35.5. The summed E-state index contributed by atoms with van der Waals surface area (Å²) >= 11 is 6.21. The predicted molar refractivity (Wildman–Crippen MR) is 145 cm³/mol. The summed E-state index contributed by atoms with van der Waals surface area (Å²) in [5.41, 5.74) is 1.81. The Hall–Kier alpha value is -3.75. The zero-order valence-corrected chi connectivity index (χ0v) is 22.0. The van der Waals surface area contributed by atoms with E-state index in [0.717, 1.165) is 25.5 Å². The van der Waals surface area contributed by atoms with Gasteiger partial charge in [0, 0.05) is 46.5 Å². The molecule has 1 amide bonds. The first-order valence-electron chi connectivity index (χ1n) is 12.4. The molecule has 0 bridgehead atoms. The summed E-state index contributed by atoms with van der Waals surface area (Å²) in [6.07, 6.45) is 5.03. The van der Waals surface area contributed by atoms with E-state index in [1.165, 1.54) is 30.9 Å². The van der Waals surface area contributed by atoms with Gasteiger partial charge in [-0.2, -0.15) is 0 Å². The molecule has 0 spiro atoms. The van der Waals surface area contributed by atoms with E-state index >= 15 is 0 Å². The van der Waals surface area contributed by atoms with Gasteiger partial charge in [0.05, 0.1) is 19.4 Å². The van der Waals surface area contributed by atoms with Gasteiger partial charge >= 0.3 is 0 Å². The van der Waals surface area contributed by atoms with E-state index < -0.39 is 17.5 Å². The largest absolute Gasteiger partial charge is 0.495 e. The molecule has 1 saturated heterocycles. The molecule has 8 nitrogen and oxygen atoms in total. The number of amides is 1. The molecule has 198 valence electrons. The topological polar surface area (TPSA) is 104 Å². The number of pyridine rings is 1. The van der Waals surface area contributed by atoms with Crippen molar-refractivity contribution in [3.05, 3.63) is 81.2 Å². The van der Waals surface area contributed by atoms with Gasteiger partial charge in [-0.3, -0.25) is 23.7 Å². The maximum Gasteiger partial charge on any atom is 0.252 e. The number of rotatable bonds is 9. The lowest BCUT2D eigenvalue weighted by Crippen LogP contribution is -2.36. The molecule has 38 heavy (non-hydrogen) atoms. The van der Waals surface area contributed by atoms with Crippen LogP contribution in [0.25, 0.3) is 11.1 Å². The Bertz CT molecular complexity index is 1390. The molecular weight excluding hydrogens is 508 g/mol. The summed E-state index contributed by atoms with van der Waals surface area (Å²) < 4.78 is 12.9. The van der Waals surface area contributed by atoms with Crippen molar-refractivity contribution in [2.45, 2.75) is 44.8 Å². The fraction of sp³-hybridized carbons (Fsp3) is 0.310. The second kappa shape index (κ2) is 12.2. The second-order valence-electron chi connectivity index (χ2n) is 9.22. The van der Waals surface area contributed by atoms with Gasteiger partial charge in [-0.05, 0) is 74.2 Å². The van der Waals surface area contributed by atoms with Gasteiger partial charge in [-0.25, -0.2) is 0 Å². The number of nitrogens with one attached hydrogen (secondary N) is 1. The van der Waals surface area contributed by atoms with Crippen LogP contribution in [-0.2, 0) is 9.53 Å². The first-order chi connectivity index (χ1) is 18.3. The van der Waals surface area contributed by atoms with Crippen LogP contribution in [0.4, 0.5) is 5.69 Å². The molecule has 9 heteroatoms. The first-order valence-corrected chi connectivity index (χ1v) is 12.8. The molecule has 1 fully saturated rings. The molecular formula is C29H29ClN2O6. The van der Waals surface area contributed by atoms with Crippen molar-refractivity contribution < 1.29 is 23.9 Å². The normalized spacial score (nSPS) is 15.9. The molecule has 2 aromatic carbocycles. The molecule has 1 N–H and O–H groups in total. The van der Waals surface area contributed by atoms with Crippen LogP contribution in [-0.4, -0.2) is 42.4 Å². The molecule has 1 aromatic heterocycles. The minimum absolute atomic E-state index is 0.185. The summed E-state index contributed by atoms with van der Waals surface area (Å²) in [6, 6.07) is 11.8. The number of hydrogen-bond acceptors (Lipinski definition) is 6. The maximum atomic E-state index is 13.5. The van der Waals surface area contributed by atoms with Gasteiger partial charge in [-0.15, -0.1) is 0 Å². The van der Waals surface area contributed by atoms with Crippen LogP contribution < -0.4 is 15.6 Å². The number of carbonyl (C=O) groups excluding carboxylic acids is 3. The van der Waals surface area contributed by atoms with Gasteiger partial charge in [-0.1, -0.05) is 11.6 Å². The SMILES string of the molecule is COc1cn(C(CC2CCCCO2)C(=O)Nc2ccc(C=O)cc2)c(=O)cc1-c1cc(Cl)ccc1C(C)=O. The number of carbonyl (C=O) groups is 3. The van der Waals surface area contributed by atoms with Crippen molar-refractivity contribution in [3.8, 4) is 16.9 Å². The third-order valence-electron chi connectivity index (χ3n) is 6.63. The fourth-order valence-corrected chi connectivity index (χ4v) is 4.82. The Kier molecular flexibility index (Phi) is 8.76. The minimum Gasteiger partial charge on any atom is -0.495 e. The third kappa shape index (κ3) is 6.20. The zero-order valence-electron chi connectivity index (χ0n) is 21.2. The minimum atomic E-state index is -0.897. The summed E-state index contributed by atoms with van der Waals surface area (Å²) in [5.74, 6) is -0.274. The standard InChI is InChI=1S/C29H29ClN2O6/c1-18(34)23-11-8-20(30)13-24(23)25-15-28(35)32(16-27(25)37-2)26(14-22-5-3-4-12-38-22)29(36)31-21-9-6-19(17-33)7-10-21/h6-11,13,15-17,22,26H,3-5,12,14H2,1-2H3,(H,31,36). The van der Waals surface area contributed by atoms with E-state index in [2.05, 4.69) is 5.32 Å². The van der Waals surface area contributed by atoms with Crippen LogP contribution in [0.15, 0.2) is 59.5 Å². The van der Waals surface area contributed by atoms with Crippen molar-refractivity contribution >= 4 is 35.3 Å². The second-order valence-corrected chi connectivity index (χ2v) is 9.65.